The van der Waals surface area contributed by atoms with E-state index in [2.05, 4.69) is 12.1 Å². The van der Waals surface area contributed by atoms with Crippen molar-refractivity contribution in [3.63, 3.8) is 0 Å². The summed E-state index contributed by atoms with van der Waals surface area (Å²) in [5, 5.41) is 0. The van der Waals surface area contributed by atoms with Crippen LogP contribution in [0.5, 0.6) is 28.7 Å². The molecule has 46 heavy (non-hydrogen) atoms. The van der Waals surface area contributed by atoms with E-state index < -0.39 is 17.0 Å². The summed E-state index contributed by atoms with van der Waals surface area (Å²) in [6.07, 6.45) is 0.571. The normalized spacial score (nSPS) is 12.0. The molecule has 0 bridgehead atoms. The maximum Gasteiger partial charge on any atom is 0.530 e. The molecule has 6 aromatic rings. The molecule has 0 fully saturated rings. The average Bonchev–Trinajstić information content (AvgIpc) is 3.06. The second kappa shape index (κ2) is 15.5. The smallest absolute Gasteiger partial charge is 0.438 e. The van der Waals surface area contributed by atoms with Gasteiger partial charge in [0.1, 0.15) is 44.4 Å². The Kier molecular flexibility index (Phi) is 10.6. The highest BCUT2D eigenvalue weighted by molar-refractivity contribution is 7.47. The first-order valence-electron chi connectivity index (χ1n) is 14.5. The van der Waals surface area contributed by atoms with Gasteiger partial charge in [-0.25, -0.2) is 0 Å². The summed E-state index contributed by atoms with van der Waals surface area (Å²) in [6, 6.07) is 49.6. The minimum absolute atomic E-state index is 0.536. The van der Waals surface area contributed by atoms with Crippen LogP contribution in [0.15, 0.2) is 158 Å². The Morgan fingerprint density at radius 1 is 0.413 bits per heavy atom. The Morgan fingerprint density at radius 2 is 0.891 bits per heavy atom. The molecule has 0 aliphatic carbocycles. The van der Waals surface area contributed by atoms with Crippen molar-refractivity contribution < 1.29 is 22.6 Å². The maximum atomic E-state index is 6.69. The van der Waals surface area contributed by atoms with Crippen molar-refractivity contribution in [2.45, 2.75) is 6.16 Å². The quantitative estimate of drug-likeness (QED) is 0.0939. The molecule has 0 heterocycles. The number of para-hydroxylation sites is 3. The van der Waals surface area contributed by atoms with Crippen LogP contribution in [0.4, 0.5) is 0 Å². The van der Waals surface area contributed by atoms with Crippen LogP contribution in [-0.4, -0.2) is 15.7 Å². The first kappa shape index (κ1) is 31.3. The van der Waals surface area contributed by atoms with Crippen molar-refractivity contribution in [3.05, 3.63) is 163 Å². The molecule has 222 valence electrons. The van der Waals surface area contributed by atoms with Gasteiger partial charge in [-0.2, -0.15) is 0 Å². The summed E-state index contributed by atoms with van der Waals surface area (Å²) in [6.45, 7) is 0. The average molecular weight is 636 g/mol. The summed E-state index contributed by atoms with van der Waals surface area (Å²) in [4.78, 5) is 0. The van der Waals surface area contributed by atoms with Gasteiger partial charge in [0.15, 0.2) is 0 Å². The van der Waals surface area contributed by atoms with E-state index in [-0.39, 0.29) is 0 Å². The fourth-order valence-corrected chi connectivity index (χ4v) is 6.93. The van der Waals surface area contributed by atoms with E-state index in [1.54, 1.807) is 18.2 Å². The molecule has 0 aliphatic heterocycles. The van der Waals surface area contributed by atoms with Gasteiger partial charge < -0.3 is 22.6 Å². The van der Waals surface area contributed by atoms with Crippen LogP contribution in [0, 0.1) is 0 Å². The van der Waals surface area contributed by atoms with Gasteiger partial charge in [-0.05, 0) is 54.1 Å². The molecule has 0 aromatic heterocycles. The molecule has 0 spiro atoms. The number of hydrogen-bond acceptors (Lipinski definition) is 5. The number of hydrogen-bond donors (Lipinski definition) is 0. The fraction of sp³-hybridized carbons (Fsp3) is 0.0270. The van der Waals surface area contributed by atoms with E-state index in [1.807, 2.05) is 127 Å². The Balaban J connectivity index is 1.31. The molecule has 6 aromatic carbocycles. The van der Waals surface area contributed by atoms with Crippen molar-refractivity contribution in [3.8, 4) is 39.9 Å². The van der Waals surface area contributed by atoms with E-state index in [9.17, 15) is 0 Å². The van der Waals surface area contributed by atoms with Gasteiger partial charge in [0.05, 0.1) is 6.16 Å². The molecule has 4 radical (unpaired) electrons. The summed E-state index contributed by atoms with van der Waals surface area (Å²) >= 11 is 0. The van der Waals surface area contributed by atoms with Crippen LogP contribution in [-0.2, 0) is 6.16 Å². The molecular weight excluding hydrogens is 608 g/mol. The van der Waals surface area contributed by atoms with Crippen LogP contribution in [0.25, 0.3) is 11.1 Å². The predicted octanol–water partition coefficient (Wildman–Crippen LogP) is 8.67. The molecule has 0 saturated heterocycles. The number of rotatable bonds is 13. The Hall–Kier alpha value is -4.69. The van der Waals surface area contributed by atoms with Crippen molar-refractivity contribution in [2.24, 2.45) is 0 Å². The first-order chi connectivity index (χ1) is 22.6. The van der Waals surface area contributed by atoms with Gasteiger partial charge in [-0.3, -0.25) is 0 Å². The second-order valence-electron chi connectivity index (χ2n) is 10.1. The van der Waals surface area contributed by atoms with Gasteiger partial charge in [0, 0.05) is 11.1 Å². The monoisotopic (exact) mass is 636 g/mol. The Morgan fingerprint density at radius 3 is 1.50 bits per heavy atom. The third kappa shape index (κ3) is 8.73. The summed E-state index contributed by atoms with van der Waals surface area (Å²) in [5.74, 6) is 3.01. The van der Waals surface area contributed by atoms with Gasteiger partial charge in [-0.15, -0.1) is 0 Å². The van der Waals surface area contributed by atoms with Crippen LogP contribution in [0.2, 0.25) is 0 Å². The second-order valence-corrected chi connectivity index (χ2v) is 12.4. The minimum Gasteiger partial charge on any atom is -0.438 e. The molecule has 0 N–H and O–H groups in total. The van der Waals surface area contributed by atoms with Crippen LogP contribution in [0.3, 0.4) is 0 Å². The topological polar surface area (TPSA) is 46.2 Å². The molecule has 9 heteroatoms. The molecule has 2 unspecified atom stereocenters. The zero-order valence-corrected chi connectivity index (χ0v) is 26.6. The van der Waals surface area contributed by atoms with Crippen molar-refractivity contribution in [1.82, 2.24) is 0 Å². The maximum absolute atomic E-state index is 6.69. The van der Waals surface area contributed by atoms with E-state index >= 15 is 0 Å². The zero-order valence-electron chi connectivity index (χ0n) is 24.8. The van der Waals surface area contributed by atoms with Crippen molar-refractivity contribution in [2.75, 3.05) is 0 Å². The standard InChI is InChI=1S/C37H28B2O5P2/c38-29-15-11-19-32(25-29)40-45(27-28-13-3-1-4-14-28)43-36-23-9-7-21-34(36)35-22-8-10-24-37(35)44-46(41-31-17-5-2-6-18-31)42-33-20-12-16-30(39)26-33/h1-26H,27H2. The fourth-order valence-electron chi connectivity index (χ4n) is 4.51. The summed E-state index contributed by atoms with van der Waals surface area (Å²) < 4.78 is 32.0. The van der Waals surface area contributed by atoms with Gasteiger partial charge >= 0.3 is 8.60 Å². The summed E-state index contributed by atoms with van der Waals surface area (Å²) in [5.41, 5.74) is 3.92. The lowest BCUT2D eigenvalue weighted by Gasteiger charge is -2.22. The van der Waals surface area contributed by atoms with Crippen LogP contribution < -0.4 is 33.5 Å². The molecule has 0 aliphatic rings. The zero-order chi connectivity index (χ0) is 31.6. The van der Waals surface area contributed by atoms with Gasteiger partial charge in [0.2, 0.25) is 0 Å². The highest BCUT2D eigenvalue weighted by atomic mass is 31.2. The van der Waals surface area contributed by atoms with Crippen molar-refractivity contribution in [1.29, 1.82) is 0 Å². The molecule has 5 nitrogen and oxygen atoms in total. The molecule has 0 amide bonds. The lowest BCUT2D eigenvalue weighted by molar-refractivity contribution is 0.389. The van der Waals surface area contributed by atoms with E-state index in [1.165, 1.54) is 0 Å². The summed E-state index contributed by atoms with van der Waals surface area (Å²) in [7, 11) is 8.67. The van der Waals surface area contributed by atoms with Gasteiger partial charge in [0.25, 0.3) is 8.38 Å². The number of benzene rings is 6. The Bertz CT molecular complexity index is 1720. The molecular formula is C37H28B2O5P2. The SMILES string of the molecule is [B]c1cccc(OP(Cc2ccccc2)Oc2ccccc2-c2ccccc2OP(Oc2ccccc2)Oc2cccc([B])c2)c1. The predicted molar refractivity (Wildman–Crippen MR) is 189 cm³/mol. The first-order valence-corrected chi connectivity index (χ1v) is 17.0. The highest BCUT2D eigenvalue weighted by Crippen LogP contribution is 2.49. The Labute approximate surface area is 274 Å². The highest BCUT2D eigenvalue weighted by Gasteiger charge is 2.24. The molecule has 6 rings (SSSR count). The largest absolute Gasteiger partial charge is 0.530 e. The van der Waals surface area contributed by atoms with Crippen LogP contribution >= 0.6 is 17.0 Å². The lowest BCUT2D eigenvalue weighted by atomic mass is 9.96. The minimum atomic E-state index is -1.93. The van der Waals surface area contributed by atoms with E-state index in [4.69, 9.17) is 38.3 Å². The van der Waals surface area contributed by atoms with E-state index in [0.29, 0.717) is 45.8 Å². The third-order valence-corrected chi connectivity index (χ3v) is 9.12. The molecule has 0 saturated carbocycles. The third-order valence-electron chi connectivity index (χ3n) is 6.62. The van der Waals surface area contributed by atoms with Crippen molar-refractivity contribution >= 4 is 43.6 Å². The van der Waals surface area contributed by atoms with Gasteiger partial charge in [-0.1, -0.05) is 120 Å². The molecule has 2 atom stereocenters. The van der Waals surface area contributed by atoms with Crippen LogP contribution in [0.1, 0.15) is 5.56 Å². The van der Waals surface area contributed by atoms with E-state index in [0.717, 1.165) is 16.7 Å². The lowest BCUT2D eigenvalue weighted by Crippen LogP contribution is -2.06.